The van der Waals surface area contributed by atoms with Crippen molar-refractivity contribution in [3.05, 3.63) is 72.1 Å². The molecular formula is C22H21N3O. The van der Waals surface area contributed by atoms with Gasteiger partial charge in [-0.1, -0.05) is 36.4 Å². The number of fused-ring (bicyclic) bond motifs is 4. The highest BCUT2D eigenvalue weighted by Crippen LogP contribution is 2.34. The van der Waals surface area contributed by atoms with E-state index < -0.39 is 0 Å². The molecule has 4 aromatic rings. The Hall–Kier alpha value is -3.01. The van der Waals surface area contributed by atoms with E-state index in [2.05, 4.69) is 52.8 Å². The van der Waals surface area contributed by atoms with Gasteiger partial charge in [-0.25, -0.2) is 0 Å². The molecule has 130 valence electrons. The number of carbonyl (C=O) groups excluding carboxylic acids is 1. The Morgan fingerprint density at radius 3 is 2.92 bits per heavy atom. The maximum atomic E-state index is 12.7. The number of aryl methyl sites for hydroxylation is 1. The first-order valence-corrected chi connectivity index (χ1v) is 9.22. The lowest BCUT2D eigenvalue weighted by atomic mass is 9.91. The van der Waals surface area contributed by atoms with E-state index in [-0.39, 0.29) is 11.9 Å². The Morgan fingerprint density at radius 2 is 1.96 bits per heavy atom. The molecule has 4 heteroatoms. The molecule has 0 saturated carbocycles. The van der Waals surface area contributed by atoms with Crippen LogP contribution in [0.4, 0.5) is 0 Å². The normalized spacial score (nSPS) is 16.7. The van der Waals surface area contributed by atoms with Crippen LogP contribution in [0.2, 0.25) is 0 Å². The van der Waals surface area contributed by atoms with Crippen LogP contribution in [0.5, 0.6) is 0 Å². The minimum Gasteiger partial charge on any atom is -0.356 e. The molecule has 2 N–H and O–H groups in total. The number of H-pyrrole nitrogens is 1. The van der Waals surface area contributed by atoms with Gasteiger partial charge in [-0.15, -0.1) is 0 Å². The van der Waals surface area contributed by atoms with Gasteiger partial charge in [0.1, 0.15) is 6.54 Å². The van der Waals surface area contributed by atoms with Gasteiger partial charge in [0.25, 0.3) is 0 Å². The first kappa shape index (κ1) is 15.3. The third kappa shape index (κ3) is 2.49. The summed E-state index contributed by atoms with van der Waals surface area (Å²) in [7, 11) is 0. The Morgan fingerprint density at radius 1 is 1.12 bits per heavy atom. The summed E-state index contributed by atoms with van der Waals surface area (Å²) in [5, 5.41) is 5.70. The lowest BCUT2D eigenvalue weighted by Crippen LogP contribution is -2.33. The summed E-state index contributed by atoms with van der Waals surface area (Å²) in [5.41, 5.74) is 4.80. The van der Waals surface area contributed by atoms with Crippen LogP contribution >= 0.6 is 0 Å². The van der Waals surface area contributed by atoms with Crippen molar-refractivity contribution in [2.75, 3.05) is 0 Å². The van der Waals surface area contributed by atoms with Gasteiger partial charge < -0.3 is 14.9 Å². The van der Waals surface area contributed by atoms with Gasteiger partial charge in [-0.05, 0) is 48.4 Å². The topological polar surface area (TPSA) is 49.8 Å². The maximum Gasteiger partial charge on any atom is 0.240 e. The lowest BCUT2D eigenvalue weighted by molar-refractivity contribution is -0.122. The SMILES string of the molecule is O=C(Cn1ccc2ccccc21)N[C@@H]1CCCc2c1[nH]c1ccccc21. The summed E-state index contributed by atoms with van der Waals surface area (Å²) in [6, 6.07) is 18.7. The number of nitrogens with one attached hydrogen (secondary N) is 2. The van der Waals surface area contributed by atoms with Crippen molar-refractivity contribution in [1.82, 2.24) is 14.9 Å². The van der Waals surface area contributed by atoms with Crippen LogP contribution in [0.3, 0.4) is 0 Å². The standard InChI is InChI=1S/C22H21N3O/c26-21(14-25-13-12-15-6-1-4-11-20(15)25)23-19-10-5-8-17-16-7-2-3-9-18(16)24-22(17)19/h1-4,6-7,9,11-13,19,24H,5,8,10,14H2,(H,23,26)/t19-/m1/s1. The number of hydrogen-bond donors (Lipinski definition) is 2. The number of nitrogens with zero attached hydrogens (tertiary/aromatic N) is 1. The van der Waals surface area contributed by atoms with Crippen molar-refractivity contribution in [2.45, 2.75) is 31.8 Å². The predicted octanol–water partition coefficient (Wildman–Crippen LogP) is 4.32. The van der Waals surface area contributed by atoms with Crippen LogP contribution in [-0.2, 0) is 17.8 Å². The number of amides is 1. The molecule has 0 unspecified atom stereocenters. The van der Waals surface area contributed by atoms with Crippen LogP contribution in [0.25, 0.3) is 21.8 Å². The fourth-order valence-corrected chi connectivity index (χ4v) is 4.23. The summed E-state index contributed by atoms with van der Waals surface area (Å²) in [6.45, 7) is 0.347. The molecule has 1 aliphatic rings. The molecule has 26 heavy (non-hydrogen) atoms. The zero-order valence-corrected chi connectivity index (χ0v) is 14.5. The van der Waals surface area contributed by atoms with E-state index in [0.29, 0.717) is 6.54 Å². The van der Waals surface area contributed by atoms with Gasteiger partial charge >= 0.3 is 0 Å². The van der Waals surface area contributed by atoms with E-state index in [9.17, 15) is 4.79 Å². The van der Waals surface area contributed by atoms with Gasteiger partial charge in [-0.2, -0.15) is 0 Å². The summed E-state index contributed by atoms with van der Waals surface area (Å²) in [4.78, 5) is 16.2. The number of rotatable bonds is 3. The lowest BCUT2D eigenvalue weighted by Gasteiger charge is -2.24. The van der Waals surface area contributed by atoms with Crippen molar-refractivity contribution in [3.8, 4) is 0 Å². The van der Waals surface area contributed by atoms with Crippen LogP contribution in [0.1, 0.15) is 30.1 Å². The van der Waals surface area contributed by atoms with Crippen molar-refractivity contribution >= 4 is 27.7 Å². The molecule has 2 aromatic heterocycles. The van der Waals surface area contributed by atoms with Gasteiger partial charge in [0, 0.05) is 28.3 Å². The first-order chi connectivity index (χ1) is 12.8. The Kier molecular flexibility index (Phi) is 3.56. The Bertz CT molecular complexity index is 1100. The maximum absolute atomic E-state index is 12.7. The highest BCUT2D eigenvalue weighted by atomic mass is 16.2. The highest BCUT2D eigenvalue weighted by molar-refractivity contribution is 5.86. The third-order valence-electron chi connectivity index (χ3n) is 5.44. The zero-order valence-electron chi connectivity index (χ0n) is 14.5. The van der Waals surface area contributed by atoms with Crippen molar-refractivity contribution in [1.29, 1.82) is 0 Å². The molecule has 0 spiro atoms. The number of para-hydroxylation sites is 2. The summed E-state index contributed by atoms with van der Waals surface area (Å²) >= 11 is 0. The second kappa shape index (κ2) is 6.06. The van der Waals surface area contributed by atoms with E-state index in [1.165, 1.54) is 16.6 Å². The van der Waals surface area contributed by atoms with E-state index in [4.69, 9.17) is 0 Å². The molecule has 0 fully saturated rings. The minimum atomic E-state index is 0.0582. The summed E-state index contributed by atoms with van der Waals surface area (Å²) in [5.74, 6) is 0.0582. The second-order valence-corrected chi connectivity index (χ2v) is 7.08. The minimum absolute atomic E-state index is 0.0582. The quantitative estimate of drug-likeness (QED) is 0.572. The predicted molar refractivity (Wildman–Crippen MR) is 104 cm³/mol. The van der Waals surface area contributed by atoms with Gasteiger partial charge in [0.2, 0.25) is 5.91 Å². The van der Waals surface area contributed by atoms with Crippen molar-refractivity contribution in [2.24, 2.45) is 0 Å². The fourth-order valence-electron chi connectivity index (χ4n) is 4.23. The molecule has 0 bridgehead atoms. The van der Waals surface area contributed by atoms with E-state index >= 15 is 0 Å². The summed E-state index contributed by atoms with van der Waals surface area (Å²) < 4.78 is 2.01. The van der Waals surface area contributed by atoms with E-state index in [0.717, 1.165) is 35.7 Å². The highest BCUT2D eigenvalue weighted by Gasteiger charge is 2.25. The first-order valence-electron chi connectivity index (χ1n) is 9.22. The molecule has 0 radical (unpaired) electrons. The van der Waals surface area contributed by atoms with Crippen LogP contribution in [0, 0.1) is 0 Å². The molecule has 0 aliphatic heterocycles. The molecule has 2 heterocycles. The average molecular weight is 343 g/mol. The number of aromatic nitrogens is 2. The van der Waals surface area contributed by atoms with Gasteiger partial charge in [0.05, 0.1) is 6.04 Å². The Balaban J connectivity index is 1.39. The Labute approximate surface area is 151 Å². The molecule has 1 aliphatic carbocycles. The van der Waals surface area contributed by atoms with Crippen molar-refractivity contribution < 1.29 is 4.79 Å². The largest absolute Gasteiger partial charge is 0.356 e. The van der Waals surface area contributed by atoms with Crippen LogP contribution in [0.15, 0.2) is 60.8 Å². The second-order valence-electron chi connectivity index (χ2n) is 7.08. The van der Waals surface area contributed by atoms with Crippen molar-refractivity contribution in [3.63, 3.8) is 0 Å². The van der Waals surface area contributed by atoms with Gasteiger partial charge in [-0.3, -0.25) is 4.79 Å². The molecule has 5 rings (SSSR count). The number of benzene rings is 2. The summed E-state index contributed by atoms with van der Waals surface area (Å²) in [6.07, 6.45) is 5.15. The van der Waals surface area contributed by atoms with E-state index in [1.807, 2.05) is 22.9 Å². The van der Waals surface area contributed by atoms with Gasteiger partial charge in [0.15, 0.2) is 0 Å². The van der Waals surface area contributed by atoms with Crippen LogP contribution in [-0.4, -0.2) is 15.5 Å². The molecule has 2 aromatic carbocycles. The zero-order chi connectivity index (χ0) is 17.5. The average Bonchev–Trinajstić information content (AvgIpc) is 3.24. The third-order valence-corrected chi connectivity index (χ3v) is 5.44. The number of hydrogen-bond acceptors (Lipinski definition) is 1. The fraction of sp³-hybridized carbons (Fsp3) is 0.227. The van der Waals surface area contributed by atoms with E-state index in [1.54, 1.807) is 0 Å². The number of aromatic amines is 1. The van der Waals surface area contributed by atoms with Crippen LogP contribution < -0.4 is 5.32 Å². The molecular weight excluding hydrogens is 322 g/mol. The molecule has 1 amide bonds. The number of carbonyl (C=O) groups is 1. The monoisotopic (exact) mass is 343 g/mol. The molecule has 0 saturated heterocycles. The smallest absolute Gasteiger partial charge is 0.240 e. The molecule has 1 atom stereocenters. The molecule has 4 nitrogen and oxygen atoms in total.